The Bertz CT molecular complexity index is 1660. The Morgan fingerprint density at radius 1 is 1.09 bits per heavy atom. The molecule has 2 aliphatic heterocycles. The lowest BCUT2D eigenvalue weighted by atomic mass is 9.43. The molecule has 1 aromatic carbocycles. The van der Waals surface area contributed by atoms with Gasteiger partial charge >= 0.3 is 7.12 Å². The highest BCUT2D eigenvalue weighted by Crippen LogP contribution is 2.65. The summed E-state index contributed by atoms with van der Waals surface area (Å²) in [6.45, 7) is 11.3. The summed E-state index contributed by atoms with van der Waals surface area (Å²) in [5, 5.41) is 14.7. The number of hydrogen-bond donors (Lipinski definition) is 2. The van der Waals surface area contributed by atoms with Crippen molar-refractivity contribution in [1.82, 2.24) is 25.2 Å². The highest BCUT2D eigenvalue weighted by Gasteiger charge is 2.68. The molecule has 46 heavy (non-hydrogen) atoms. The summed E-state index contributed by atoms with van der Waals surface area (Å²) in [5.74, 6) is 0.401. The number of nitrogens with one attached hydrogen (secondary N) is 2. The smallest absolute Gasteiger partial charge is 0.404 e. The number of benzene rings is 1. The van der Waals surface area contributed by atoms with Crippen molar-refractivity contribution in [2.75, 3.05) is 6.54 Å². The van der Waals surface area contributed by atoms with Crippen LogP contribution in [0.3, 0.4) is 0 Å². The van der Waals surface area contributed by atoms with Crippen molar-refractivity contribution in [3.05, 3.63) is 66.1 Å². The molecule has 1 unspecified atom stereocenters. The van der Waals surface area contributed by atoms with E-state index in [0.29, 0.717) is 47.6 Å². The first kappa shape index (κ1) is 30.9. The summed E-state index contributed by atoms with van der Waals surface area (Å²) in [5.41, 5.74) is 1.01. The first-order chi connectivity index (χ1) is 22.0. The molecule has 242 valence electrons. The SMILES string of the molecule is CC(C)C[C@H](NC(=O)C1(Cc2ccccc2)CC(CNC(=O)c2cccc3ncnn23)=NO1)B1O[C@@H]2C[C@@H]3C[C@@H](C3(C)C)[C@]2(C)O1. The van der Waals surface area contributed by atoms with Crippen LogP contribution >= 0.6 is 0 Å². The maximum Gasteiger partial charge on any atom is 0.481 e. The second-order valence-corrected chi connectivity index (χ2v) is 14.8. The molecule has 6 atom stereocenters. The number of hydrogen-bond acceptors (Lipinski definition) is 8. The minimum Gasteiger partial charge on any atom is -0.404 e. The molecule has 3 aliphatic carbocycles. The largest absolute Gasteiger partial charge is 0.481 e. The van der Waals surface area contributed by atoms with Crippen LogP contribution in [0.2, 0.25) is 0 Å². The molecule has 2 bridgehead atoms. The standard InChI is InChI=1S/C34H43BN6O5/c1-21(2)14-28(35-44-27-16-23-15-26(32(23,3)4)33(27,5)45-35)39-31(43)34(17-22-10-7-6-8-11-22)18-24(40-46-34)19-36-30(42)25-12-9-13-29-37-20-38-41(25)29/h6-13,20-21,23,26-28H,14-19H2,1-5H3,(H,36,42)(H,39,43)/t23-,26-,27+,28-,33-,34?/m0/s1. The second kappa shape index (κ2) is 11.5. The molecule has 11 nitrogen and oxygen atoms in total. The minimum absolute atomic E-state index is 0.0174. The van der Waals surface area contributed by atoms with Gasteiger partial charge in [0.2, 0.25) is 5.60 Å². The van der Waals surface area contributed by atoms with E-state index in [1.807, 2.05) is 30.3 Å². The van der Waals surface area contributed by atoms with E-state index < -0.39 is 12.7 Å². The number of carbonyl (C=O) groups is 2. The van der Waals surface area contributed by atoms with Crippen LogP contribution in [-0.2, 0) is 25.4 Å². The summed E-state index contributed by atoms with van der Waals surface area (Å²) in [6.07, 6.45) is 4.80. The van der Waals surface area contributed by atoms with E-state index in [2.05, 4.69) is 60.5 Å². The summed E-state index contributed by atoms with van der Waals surface area (Å²) in [4.78, 5) is 37.7. The van der Waals surface area contributed by atoms with Crippen LogP contribution in [0.25, 0.3) is 5.65 Å². The maximum atomic E-state index is 14.4. The van der Waals surface area contributed by atoms with Crippen molar-refractivity contribution in [2.24, 2.45) is 28.3 Å². The number of rotatable bonds is 10. The molecule has 12 heteroatoms. The highest BCUT2D eigenvalue weighted by molar-refractivity contribution is 6.48. The van der Waals surface area contributed by atoms with Gasteiger partial charge in [0.25, 0.3) is 11.8 Å². The van der Waals surface area contributed by atoms with Gasteiger partial charge in [-0.15, -0.1) is 0 Å². The van der Waals surface area contributed by atoms with Crippen LogP contribution in [0.5, 0.6) is 0 Å². The number of oxime groups is 1. The first-order valence-electron chi connectivity index (χ1n) is 16.5. The van der Waals surface area contributed by atoms with Crippen LogP contribution < -0.4 is 10.6 Å². The Balaban J connectivity index is 1.08. The van der Waals surface area contributed by atoms with Gasteiger partial charge in [-0.2, -0.15) is 5.10 Å². The van der Waals surface area contributed by atoms with Crippen LogP contribution in [0.4, 0.5) is 0 Å². The number of fused-ring (bicyclic) bond motifs is 1. The monoisotopic (exact) mass is 626 g/mol. The van der Waals surface area contributed by atoms with E-state index in [1.165, 1.54) is 10.8 Å². The van der Waals surface area contributed by atoms with E-state index in [1.54, 1.807) is 18.2 Å². The lowest BCUT2D eigenvalue weighted by Crippen LogP contribution is -2.65. The fourth-order valence-corrected chi connectivity index (χ4v) is 8.27. The van der Waals surface area contributed by atoms with E-state index in [4.69, 9.17) is 14.1 Å². The quantitative estimate of drug-likeness (QED) is 0.326. The highest BCUT2D eigenvalue weighted by atomic mass is 16.7. The lowest BCUT2D eigenvalue weighted by Gasteiger charge is -2.64. The molecule has 3 aromatic rings. The average molecular weight is 627 g/mol. The van der Waals surface area contributed by atoms with Crippen molar-refractivity contribution in [2.45, 2.75) is 90.0 Å². The molecule has 2 amide bonds. The van der Waals surface area contributed by atoms with Crippen molar-refractivity contribution >= 4 is 30.3 Å². The van der Waals surface area contributed by atoms with Crippen LogP contribution in [-0.4, -0.2) is 69.0 Å². The van der Waals surface area contributed by atoms with E-state index in [-0.39, 0.29) is 47.8 Å². The Morgan fingerprint density at radius 2 is 1.89 bits per heavy atom. The molecule has 3 saturated carbocycles. The van der Waals surface area contributed by atoms with E-state index >= 15 is 0 Å². The predicted molar refractivity (Wildman–Crippen MR) is 173 cm³/mol. The fraction of sp³-hybridized carbons (Fsp3) is 0.559. The van der Waals surface area contributed by atoms with Crippen molar-refractivity contribution in [3.63, 3.8) is 0 Å². The fourth-order valence-electron chi connectivity index (χ4n) is 8.27. The number of carbonyl (C=O) groups excluding carboxylic acids is 2. The Hall–Kier alpha value is -3.77. The summed E-state index contributed by atoms with van der Waals surface area (Å²) >= 11 is 0. The third-order valence-corrected chi connectivity index (χ3v) is 10.9. The van der Waals surface area contributed by atoms with Crippen molar-refractivity contribution < 1.29 is 23.7 Å². The number of amides is 2. The van der Waals surface area contributed by atoms with Gasteiger partial charge in [-0.1, -0.05) is 69.2 Å². The number of pyridine rings is 1. The summed E-state index contributed by atoms with van der Waals surface area (Å²) in [6, 6.07) is 15.0. The van der Waals surface area contributed by atoms with Gasteiger partial charge in [0.05, 0.1) is 29.9 Å². The van der Waals surface area contributed by atoms with Gasteiger partial charge in [0.15, 0.2) is 5.65 Å². The normalized spacial score (nSPS) is 29.9. The molecule has 5 aliphatic rings. The van der Waals surface area contributed by atoms with Gasteiger partial charge in [0, 0.05) is 12.8 Å². The Morgan fingerprint density at radius 3 is 2.65 bits per heavy atom. The van der Waals surface area contributed by atoms with E-state index in [9.17, 15) is 9.59 Å². The molecule has 8 rings (SSSR count). The average Bonchev–Trinajstić information content (AvgIpc) is 3.76. The van der Waals surface area contributed by atoms with Gasteiger partial charge < -0.3 is 24.8 Å². The third kappa shape index (κ3) is 5.29. The number of nitrogens with zero attached hydrogens (tertiary/aromatic N) is 4. The van der Waals surface area contributed by atoms with Crippen molar-refractivity contribution in [3.8, 4) is 0 Å². The van der Waals surface area contributed by atoms with Gasteiger partial charge in [-0.05, 0) is 67.1 Å². The summed E-state index contributed by atoms with van der Waals surface area (Å²) in [7, 11) is -0.550. The minimum atomic E-state index is -1.29. The van der Waals surface area contributed by atoms with Crippen molar-refractivity contribution in [1.29, 1.82) is 0 Å². The molecule has 4 fully saturated rings. The van der Waals surface area contributed by atoms with Gasteiger partial charge in [0.1, 0.15) is 12.0 Å². The molecular formula is C34H43BN6O5. The zero-order valence-electron chi connectivity index (χ0n) is 27.2. The lowest BCUT2D eigenvalue weighted by molar-refractivity contribution is -0.199. The molecule has 2 aromatic heterocycles. The molecule has 4 heterocycles. The van der Waals surface area contributed by atoms with Crippen LogP contribution in [0.1, 0.15) is 76.4 Å². The predicted octanol–water partition coefficient (Wildman–Crippen LogP) is 4.02. The van der Waals surface area contributed by atoms with Crippen LogP contribution in [0, 0.1) is 23.2 Å². The summed E-state index contributed by atoms with van der Waals surface area (Å²) < 4.78 is 14.9. The Labute approximate surface area is 270 Å². The molecule has 1 saturated heterocycles. The topological polar surface area (TPSA) is 128 Å². The Kier molecular flexibility index (Phi) is 7.71. The first-order valence-corrected chi connectivity index (χ1v) is 16.5. The van der Waals surface area contributed by atoms with E-state index in [0.717, 1.165) is 18.4 Å². The molecular weight excluding hydrogens is 583 g/mol. The van der Waals surface area contributed by atoms with Gasteiger partial charge in [-0.3, -0.25) is 9.59 Å². The molecule has 2 N–H and O–H groups in total. The third-order valence-electron chi connectivity index (χ3n) is 10.9. The maximum absolute atomic E-state index is 14.4. The molecule has 0 radical (unpaired) electrons. The van der Waals surface area contributed by atoms with Crippen LogP contribution in [0.15, 0.2) is 60.0 Å². The second-order valence-electron chi connectivity index (χ2n) is 14.8. The zero-order chi connectivity index (χ0) is 32.3. The van der Waals surface area contributed by atoms with Gasteiger partial charge in [-0.25, -0.2) is 9.50 Å². The zero-order valence-corrected chi connectivity index (χ0v) is 27.2. The molecule has 0 spiro atoms. The number of aromatic nitrogens is 3.